The molecule has 1 aliphatic carbocycles. The second kappa shape index (κ2) is 9.54. The maximum Gasteiger partial charge on any atom is 0.401 e. The molecule has 1 heterocycles. The fourth-order valence-electron chi connectivity index (χ4n) is 4.31. The number of hydrogen-bond donors (Lipinski definition) is 1. The van der Waals surface area contributed by atoms with Gasteiger partial charge in [0.25, 0.3) is 0 Å². The molecule has 0 amide bonds. The first-order valence-corrected chi connectivity index (χ1v) is 10.8. The van der Waals surface area contributed by atoms with Crippen molar-refractivity contribution in [3.63, 3.8) is 0 Å². The molecule has 1 saturated carbocycles. The zero-order valence-corrected chi connectivity index (χ0v) is 17.8. The monoisotopic (exact) mass is 428 g/mol. The van der Waals surface area contributed by atoms with E-state index in [4.69, 9.17) is 4.99 Å². The highest BCUT2D eigenvalue weighted by Crippen LogP contribution is 2.49. The first-order chi connectivity index (χ1) is 14.3. The molecule has 1 saturated heterocycles. The third-order valence-electron chi connectivity index (χ3n) is 6.12. The lowest BCUT2D eigenvalue weighted by atomic mass is 9.95. The van der Waals surface area contributed by atoms with Crippen molar-refractivity contribution in [3.05, 3.63) is 35.6 Å². The van der Waals surface area contributed by atoms with Gasteiger partial charge in [-0.15, -0.1) is 0 Å². The van der Waals surface area contributed by atoms with Gasteiger partial charge >= 0.3 is 6.18 Å². The molecular weight excluding hydrogens is 396 g/mol. The quantitative estimate of drug-likeness (QED) is 0.385. The number of halogens is 4. The molecule has 168 valence electrons. The maximum absolute atomic E-state index is 14.3. The summed E-state index contributed by atoms with van der Waals surface area (Å²) in [6.45, 7) is 6.41. The van der Waals surface area contributed by atoms with Crippen molar-refractivity contribution < 1.29 is 17.6 Å². The molecule has 0 radical (unpaired) electrons. The van der Waals surface area contributed by atoms with E-state index in [1.807, 2.05) is 19.1 Å². The first kappa shape index (κ1) is 22.8. The highest BCUT2D eigenvalue weighted by atomic mass is 19.4. The predicted octanol–water partition coefficient (Wildman–Crippen LogP) is 4.03. The number of nitrogens with one attached hydrogen (secondary N) is 1. The molecule has 1 atom stereocenters. The van der Waals surface area contributed by atoms with Crippen LogP contribution in [-0.2, 0) is 5.41 Å². The van der Waals surface area contributed by atoms with E-state index in [0.717, 1.165) is 37.3 Å². The number of nitrogens with zero attached hydrogens (tertiary/aromatic N) is 3. The molecular formula is C22H32F4N4. The van der Waals surface area contributed by atoms with E-state index in [1.54, 1.807) is 13.0 Å². The highest BCUT2D eigenvalue weighted by molar-refractivity contribution is 5.80. The summed E-state index contributed by atoms with van der Waals surface area (Å²) in [5.74, 6) is 0.778. The maximum atomic E-state index is 14.3. The van der Waals surface area contributed by atoms with Gasteiger partial charge in [-0.2, -0.15) is 13.2 Å². The molecule has 1 aromatic carbocycles. The van der Waals surface area contributed by atoms with Gasteiger partial charge in [0.15, 0.2) is 5.96 Å². The number of benzene rings is 1. The summed E-state index contributed by atoms with van der Waals surface area (Å²) in [6, 6.07) is 6.90. The van der Waals surface area contributed by atoms with Crippen LogP contribution >= 0.6 is 0 Å². The fourth-order valence-corrected chi connectivity index (χ4v) is 4.31. The Morgan fingerprint density at radius 3 is 2.60 bits per heavy atom. The molecule has 8 heteroatoms. The summed E-state index contributed by atoms with van der Waals surface area (Å²) in [5, 5.41) is 3.31. The van der Waals surface area contributed by atoms with Gasteiger partial charge in [0.05, 0.1) is 13.1 Å². The average molecular weight is 429 g/mol. The van der Waals surface area contributed by atoms with Crippen LogP contribution in [0.25, 0.3) is 0 Å². The Balaban J connectivity index is 1.62. The largest absolute Gasteiger partial charge is 0.401 e. The molecule has 1 N–H and O–H groups in total. The zero-order chi connectivity index (χ0) is 21.8. The van der Waals surface area contributed by atoms with Crippen molar-refractivity contribution in [3.8, 4) is 0 Å². The zero-order valence-electron chi connectivity index (χ0n) is 17.8. The third-order valence-corrected chi connectivity index (χ3v) is 6.12. The normalized spacial score (nSPS) is 21.4. The summed E-state index contributed by atoms with van der Waals surface area (Å²) in [7, 11) is 0. The number of aliphatic imine (C=N–C) groups is 1. The number of guanidine groups is 1. The number of likely N-dealkylation sites (tertiary alicyclic amines) is 1. The summed E-state index contributed by atoms with van der Waals surface area (Å²) >= 11 is 0. The standard InChI is InChI=1S/C22H32F4N4/c1-3-27-20(28-15-21(10-11-21)18-7-5-6-8-19(18)23)30-12-9-17(14-30)13-29(4-2)16-22(24,25)26/h5-8,17H,3-4,9-16H2,1-2H3,(H,27,28). The van der Waals surface area contributed by atoms with E-state index in [0.29, 0.717) is 32.7 Å². The van der Waals surface area contributed by atoms with Crippen LogP contribution in [0.4, 0.5) is 17.6 Å². The van der Waals surface area contributed by atoms with E-state index in [2.05, 4.69) is 10.2 Å². The predicted molar refractivity (Wildman–Crippen MR) is 111 cm³/mol. The molecule has 0 bridgehead atoms. The van der Waals surface area contributed by atoms with E-state index in [1.165, 1.54) is 11.0 Å². The molecule has 30 heavy (non-hydrogen) atoms. The fraction of sp³-hybridized carbons (Fsp3) is 0.682. The minimum Gasteiger partial charge on any atom is -0.357 e. The number of hydrogen-bond acceptors (Lipinski definition) is 2. The smallest absolute Gasteiger partial charge is 0.357 e. The van der Waals surface area contributed by atoms with Crippen molar-refractivity contribution >= 4 is 5.96 Å². The molecule has 2 aliphatic rings. The van der Waals surface area contributed by atoms with Gasteiger partial charge in [0.2, 0.25) is 0 Å². The van der Waals surface area contributed by atoms with Gasteiger partial charge < -0.3 is 10.2 Å². The lowest BCUT2D eigenvalue weighted by molar-refractivity contribution is -0.146. The molecule has 4 nitrogen and oxygen atoms in total. The van der Waals surface area contributed by atoms with Crippen molar-refractivity contribution in [1.82, 2.24) is 15.1 Å². The van der Waals surface area contributed by atoms with Gasteiger partial charge in [0.1, 0.15) is 5.82 Å². The number of alkyl halides is 3. The summed E-state index contributed by atoms with van der Waals surface area (Å²) in [5.41, 5.74) is 0.506. The minimum atomic E-state index is -4.17. The van der Waals surface area contributed by atoms with Gasteiger partial charge in [-0.25, -0.2) is 4.39 Å². The van der Waals surface area contributed by atoms with Gasteiger partial charge in [0, 0.05) is 31.6 Å². The van der Waals surface area contributed by atoms with Crippen LogP contribution in [0.5, 0.6) is 0 Å². The highest BCUT2D eigenvalue weighted by Gasteiger charge is 2.46. The SMILES string of the molecule is CCNC(=NCC1(c2ccccc2F)CC1)N1CCC(CN(CC)CC(F)(F)F)C1. The van der Waals surface area contributed by atoms with E-state index in [9.17, 15) is 17.6 Å². The number of rotatable bonds is 8. The molecule has 0 aromatic heterocycles. The van der Waals surface area contributed by atoms with Crippen LogP contribution in [0.2, 0.25) is 0 Å². The average Bonchev–Trinajstić information content (AvgIpc) is 3.34. The van der Waals surface area contributed by atoms with Gasteiger partial charge in [-0.05, 0) is 50.3 Å². The van der Waals surface area contributed by atoms with E-state index >= 15 is 0 Å². The van der Waals surface area contributed by atoms with Crippen LogP contribution in [-0.4, -0.2) is 67.7 Å². The molecule has 0 spiro atoms. The summed E-state index contributed by atoms with van der Waals surface area (Å²) in [4.78, 5) is 8.41. The Labute approximate surface area is 176 Å². The van der Waals surface area contributed by atoms with Crippen molar-refractivity contribution in [2.75, 3.05) is 45.8 Å². The molecule has 1 unspecified atom stereocenters. The Bertz CT molecular complexity index is 730. The molecule has 1 aliphatic heterocycles. The van der Waals surface area contributed by atoms with Crippen molar-refractivity contribution in [1.29, 1.82) is 0 Å². The topological polar surface area (TPSA) is 30.9 Å². The first-order valence-electron chi connectivity index (χ1n) is 10.8. The Hall–Kier alpha value is -1.83. The van der Waals surface area contributed by atoms with Crippen LogP contribution in [0, 0.1) is 11.7 Å². The second-order valence-corrected chi connectivity index (χ2v) is 8.47. The summed E-state index contributed by atoms with van der Waals surface area (Å²) < 4.78 is 52.5. The van der Waals surface area contributed by atoms with E-state index in [-0.39, 0.29) is 17.2 Å². The molecule has 3 rings (SSSR count). The lowest BCUT2D eigenvalue weighted by Gasteiger charge is -2.26. The van der Waals surface area contributed by atoms with Crippen LogP contribution in [0.1, 0.15) is 38.7 Å². The van der Waals surface area contributed by atoms with Crippen LogP contribution in [0.15, 0.2) is 29.3 Å². The van der Waals surface area contributed by atoms with E-state index < -0.39 is 12.7 Å². The molecule has 2 fully saturated rings. The Morgan fingerprint density at radius 1 is 1.27 bits per heavy atom. The van der Waals surface area contributed by atoms with Crippen LogP contribution < -0.4 is 5.32 Å². The van der Waals surface area contributed by atoms with Gasteiger partial charge in [-0.3, -0.25) is 9.89 Å². The van der Waals surface area contributed by atoms with Crippen LogP contribution in [0.3, 0.4) is 0 Å². The summed E-state index contributed by atoms with van der Waals surface area (Å²) in [6.07, 6.45) is -1.49. The third kappa shape index (κ3) is 5.86. The minimum absolute atomic E-state index is 0.178. The Morgan fingerprint density at radius 2 is 2.00 bits per heavy atom. The van der Waals surface area contributed by atoms with Crippen molar-refractivity contribution in [2.45, 2.75) is 44.7 Å². The van der Waals surface area contributed by atoms with Crippen molar-refractivity contribution in [2.24, 2.45) is 10.9 Å². The molecule has 1 aromatic rings. The Kier molecular flexibility index (Phi) is 7.26. The lowest BCUT2D eigenvalue weighted by Crippen LogP contribution is -2.42. The second-order valence-electron chi connectivity index (χ2n) is 8.47. The van der Waals surface area contributed by atoms with Gasteiger partial charge in [-0.1, -0.05) is 25.1 Å².